The highest BCUT2D eigenvalue weighted by Gasteiger charge is 2.04. The Hall–Kier alpha value is -0.280. The topological polar surface area (TPSA) is 17.1 Å². The predicted octanol–water partition coefficient (Wildman–Crippen LogP) is 3.37. The Balaban J connectivity index is 3.12. The number of carbonyl (C=O) groups excluding carboxylic acids is 1. The number of Topliss-reactive ketones (excluding diaryl/α,β-unsaturated/α-hetero) is 1. The van der Waals surface area contributed by atoms with Gasteiger partial charge in [0.15, 0.2) is 5.78 Å². The highest BCUT2D eigenvalue weighted by Crippen LogP contribution is 2.23. The second kappa shape index (κ2) is 4.10. The summed E-state index contributed by atoms with van der Waals surface area (Å²) in [5.41, 5.74) is 0.743. The summed E-state index contributed by atoms with van der Waals surface area (Å²) >= 11 is 5.02. The van der Waals surface area contributed by atoms with Gasteiger partial charge in [-0.2, -0.15) is 0 Å². The number of halogens is 1. The van der Waals surface area contributed by atoms with Crippen molar-refractivity contribution in [1.82, 2.24) is 0 Å². The van der Waals surface area contributed by atoms with Crippen LogP contribution >= 0.6 is 27.7 Å². The fraction of sp³-hybridized carbons (Fsp3) is 0.222. The van der Waals surface area contributed by atoms with Gasteiger partial charge in [-0.25, -0.2) is 0 Å². The van der Waals surface area contributed by atoms with E-state index in [4.69, 9.17) is 0 Å². The third-order valence-corrected chi connectivity index (χ3v) is 2.94. The third kappa shape index (κ3) is 2.11. The second-order valence-electron chi connectivity index (χ2n) is 2.40. The van der Waals surface area contributed by atoms with Crippen molar-refractivity contribution in [3.63, 3.8) is 0 Å². The van der Waals surface area contributed by atoms with Gasteiger partial charge in [-0.1, -0.05) is 15.9 Å². The molecule has 3 heteroatoms. The molecule has 1 aromatic rings. The standard InChI is InChI=1S/C9H9BrOS/c1-6(11)8-4-3-7(12-2)5-9(8)10/h3-5H,1-2H3. The fourth-order valence-corrected chi connectivity index (χ4v) is 2.16. The van der Waals surface area contributed by atoms with E-state index in [1.165, 1.54) is 0 Å². The zero-order valence-electron chi connectivity index (χ0n) is 6.93. The first-order valence-corrected chi connectivity index (χ1v) is 5.51. The molecular formula is C9H9BrOS. The van der Waals surface area contributed by atoms with E-state index in [1.54, 1.807) is 18.7 Å². The van der Waals surface area contributed by atoms with Crippen LogP contribution in [0.15, 0.2) is 27.6 Å². The molecule has 0 radical (unpaired) electrons. The van der Waals surface area contributed by atoms with E-state index >= 15 is 0 Å². The largest absolute Gasteiger partial charge is 0.294 e. The summed E-state index contributed by atoms with van der Waals surface area (Å²) in [6.45, 7) is 1.57. The molecule has 64 valence electrons. The van der Waals surface area contributed by atoms with Gasteiger partial charge in [0.2, 0.25) is 0 Å². The van der Waals surface area contributed by atoms with Gasteiger partial charge in [-0.05, 0) is 31.4 Å². The molecule has 0 amide bonds. The first-order chi connectivity index (χ1) is 5.65. The van der Waals surface area contributed by atoms with E-state index in [0.717, 1.165) is 14.9 Å². The highest BCUT2D eigenvalue weighted by molar-refractivity contribution is 9.10. The molecule has 0 saturated carbocycles. The van der Waals surface area contributed by atoms with Crippen LogP contribution in [0.2, 0.25) is 0 Å². The average Bonchev–Trinajstić information content (AvgIpc) is 2.03. The smallest absolute Gasteiger partial charge is 0.160 e. The van der Waals surface area contributed by atoms with Gasteiger partial charge in [0.25, 0.3) is 0 Å². The lowest BCUT2D eigenvalue weighted by atomic mass is 10.2. The van der Waals surface area contributed by atoms with E-state index in [0.29, 0.717) is 0 Å². The zero-order valence-corrected chi connectivity index (χ0v) is 9.33. The molecule has 1 nitrogen and oxygen atoms in total. The molecule has 0 unspecified atom stereocenters. The summed E-state index contributed by atoms with van der Waals surface area (Å²) in [6.07, 6.45) is 2.01. The van der Waals surface area contributed by atoms with Gasteiger partial charge < -0.3 is 0 Å². The van der Waals surface area contributed by atoms with Crippen LogP contribution in [0.5, 0.6) is 0 Å². The summed E-state index contributed by atoms with van der Waals surface area (Å²) in [7, 11) is 0. The van der Waals surface area contributed by atoms with Gasteiger partial charge in [-0.15, -0.1) is 11.8 Å². The van der Waals surface area contributed by atoms with Crippen molar-refractivity contribution >= 4 is 33.5 Å². The molecule has 12 heavy (non-hydrogen) atoms. The van der Waals surface area contributed by atoms with Crippen LogP contribution in [0.25, 0.3) is 0 Å². The Labute approximate surface area is 84.7 Å². The summed E-state index contributed by atoms with van der Waals surface area (Å²) in [5, 5.41) is 0. The van der Waals surface area contributed by atoms with Crippen LogP contribution in [-0.4, -0.2) is 12.0 Å². The fourth-order valence-electron chi connectivity index (χ4n) is 0.908. The van der Waals surface area contributed by atoms with E-state index in [-0.39, 0.29) is 5.78 Å². The molecule has 0 spiro atoms. The lowest BCUT2D eigenvalue weighted by Gasteiger charge is -2.01. The Kier molecular flexibility index (Phi) is 3.35. The molecule has 0 saturated heterocycles. The molecule has 1 aromatic carbocycles. The van der Waals surface area contributed by atoms with Crippen molar-refractivity contribution in [3.8, 4) is 0 Å². The molecule has 0 N–H and O–H groups in total. The Morgan fingerprint density at radius 2 is 2.17 bits per heavy atom. The number of benzene rings is 1. The normalized spacial score (nSPS) is 9.92. The van der Waals surface area contributed by atoms with Crippen LogP contribution in [-0.2, 0) is 0 Å². The zero-order chi connectivity index (χ0) is 9.14. The molecule has 0 aromatic heterocycles. The van der Waals surface area contributed by atoms with Gasteiger partial charge in [0, 0.05) is 14.9 Å². The highest BCUT2D eigenvalue weighted by atomic mass is 79.9. The third-order valence-electron chi connectivity index (χ3n) is 1.56. The number of hydrogen-bond donors (Lipinski definition) is 0. The van der Waals surface area contributed by atoms with Crippen molar-refractivity contribution < 1.29 is 4.79 Å². The van der Waals surface area contributed by atoms with Crippen LogP contribution < -0.4 is 0 Å². The van der Waals surface area contributed by atoms with Crippen molar-refractivity contribution in [2.24, 2.45) is 0 Å². The molecule has 0 aliphatic carbocycles. The molecule has 0 fully saturated rings. The van der Waals surface area contributed by atoms with Crippen LogP contribution in [0, 0.1) is 0 Å². The summed E-state index contributed by atoms with van der Waals surface area (Å²) < 4.78 is 0.877. The van der Waals surface area contributed by atoms with Crippen molar-refractivity contribution in [1.29, 1.82) is 0 Å². The van der Waals surface area contributed by atoms with Gasteiger partial charge in [0.1, 0.15) is 0 Å². The summed E-state index contributed by atoms with van der Waals surface area (Å²) in [5.74, 6) is 0.0922. The molecule has 0 bridgehead atoms. The maximum Gasteiger partial charge on any atom is 0.160 e. The minimum Gasteiger partial charge on any atom is -0.294 e. The van der Waals surface area contributed by atoms with Crippen molar-refractivity contribution in [2.75, 3.05) is 6.26 Å². The van der Waals surface area contributed by atoms with Gasteiger partial charge in [0.05, 0.1) is 0 Å². The minimum absolute atomic E-state index is 0.0922. The number of rotatable bonds is 2. The van der Waals surface area contributed by atoms with E-state index in [2.05, 4.69) is 15.9 Å². The Morgan fingerprint density at radius 1 is 1.50 bits per heavy atom. The van der Waals surface area contributed by atoms with Crippen molar-refractivity contribution in [3.05, 3.63) is 28.2 Å². The Bertz CT molecular complexity index is 309. The molecular weight excluding hydrogens is 236 g/mol. The monoisotopic (exact) mass is 244 g/mol. The molecule has 0 aliphatic rings. The molecule has 0 heterocycles. The molecule has 0 aliphatic heterocycles. The quantitative estimate of drug-likeness (QED) is 0.587. The molecule has 1 rings (SSSR count). The van der Waals surface area contributed by atoms with E-state index in [9.17, 15) is 4.79 Å². The maximum atomic E-state index is 11.0. The minimum atomic E-state index is 0.0922. The van der Waals surface area contributed by atoms with E-state index < -0.39 is 0 Å². The SMILES string of the molecule is CSc1ccc(C(C)=O)c(Br)c1. The van der Waals surface area contributed by atoms with Gasteiger partial charge in [-0.3, -0.25) is 4.79 Å². The maximum absolute atomic E-state index is 11.0. The predicted molar refractivity (Wildman–Crippen MR) is 55.9 cm³/mol. The van der Waals surface area contributed by atoms with E-state index in [1.807, 2.05) is 24.5 Å². The second-order valence-corrected chi connectivity index (χ2v) is 4.14. The van der Waals surface area contributed by atoms with Crippen LogP contribution in [0.3, 0.4) is 0 Å². The van der Waals surface area contributed by atoms with Crippen LogP contribution in [0.1, 0.15) is 17.3 Å². The Morgan fingerprint density at radius 3 is 2.58 bits per heavy atom. The molecule has 0 atom stereocenters. The lowest BCUT2D eigenvalue weighted by Crippen LogP contribution is -1.92. The average molecular weight is 245 g/mol. The first-order valence-electron chi connectivity index (χ1n) is 3.49. The van der Waals surface area contributed by atoms with Gasteiger partial charge >= 0.3 is 0 Å². The summed E-state index contributed by atoms with van der Waals surface area (Å²) in [6, 6.07) is 5.76. The number of ketones is 1. The lowest BCUT2D eigenvalue weighted by molar-refractivity contribution is 0.101. The summed E-state index contributed by atoms with van der Waals surface area (Å²) in [4.78, 5) is 12.2. The number of thioether (sulfide) groups is 1. The number of hydrogen-bond acceptors (Lipinski definition) is 2. The van der Waals surface area contributed by atoms with Crippen LogP contribution in [0.4, 0.5) is 0 Å². The first kappa shape index (κ1) is 9.81. The number of carbonyl (C=O) groups is 1. The van der Waals surface area contributed by atoms with Crippen molar-refractivity contribution in [2.45, 2.75) is 11.8 Å².